The third-order valence-electron chi connectivity index (χ3n) is 4.69. The third-order valence-corrected chi connectivity index (χ3v) is 4.69. The van der Waals surface area contributed by atoms with Crippen LogP contribution in [0.3, 0.4) is 0 Å². The number of anilines is 2. The molecule has 31 heavy (non-hydrogen) atoms. The number of hydrogen-bond acceptors (Lipinski definition) is 8. The number of benzene rings is 2. The summed E-state index contributed by atoms with van der Waals surface area (Å²) in [5, 5.41) is 24.6. The highest BCUT2D eigenvalue weighted by molar-refractivity contribution is 6.16. The molecule has 11 nitrogen and oxygen atoms in total. The Morgan fingerprint density at radius 2 is 1.55 bits per heavy atom. The van der Waals surface area contributed by atoms with Gasteiger partial charge in [0.05, 0.1) is 16.5 Å². The van der Waals surface area contributed by atoms with Gasteiger partial charge in [-0.25, -0.2) is 4.79 Å². The van der Waals surface area contributed by atoms with Crippen LogP contribution >= 0.6 is 0 Å². The molecule has 11 heteroatoms. The standard InChI is InChI=1S/C20H18N4O7/c1-3-31-19(26)20(2)12-17(21-13-4-6-15(7-5-13)23(27)28)18(25)22(20)14-8-10-16(11-9-14)24(29)30/h4-12,21H,3H2,1-2H3. The molecule has 0 saturated carbocycles. The van der Waals surface area contributed by atoms with E-state index < -0.39 is 27.3 Å². The number of nitro benzene ring substituents is 2. The molecule has 1 unspecified atom stereocenters. The second-order valence-corrected chi connectivity index (χ2v) is 6.77. The summed E-state index contributed by atoms with van der Waals surface area (Å²) in [6.45, 7) is 3.22. The fourth-order valence-corrected chi connectivity index (χ4v) is 3.19. The number of nitrogens with one attached hydrogen (secondary N) is 1. The highest BCUT2D eigenvalue weighted by atomic mass is 16.6. The predicted octanol–water partition coefficient (Wildman–Crippen LogP) is 3.17. The van der Waals surface area contributed by atoms with Gasteiger partial charge >= 0.3 is 5.97 Å². The highest BCUT2D eigenvalue weighted by Gasteiger charge is 2.49. The number of hydrogen-bond donors (Lipinski definition) is 1. The first kappa shape index (κ1) is 21.4. The van der Waals surface area contributed by atoms with Crippen molar-refractivity contribution >= 4 is 34.6 Å². The van der Waals surface area contributed by atoms with Gasteiger partial charge in [-0.05, 0) is 44.2 Å². The lowest BCUT2D eigenvalue weighted by Gasteiger charge is -2.32. The minimum atomic E-state index is -1.51. The van der Waals surface area contributed by atoms with Crippen LogP contribution in [0.1, 0.15) is 13.8 Å². The molecule has 3 rings (SSSR count). The summed E-state index contributed by atoms with van der Waals surface area (Å²) in [7, 11) is 0. The van der Waals surface area contributed by atoms with E-state index in [-0.39, 0.29) is 29.4 Å². The van der Waals surface area contributed by atoms with Crippen LogP contribution in [0.15, 0.2) is 60.3 Å². The number of nitrogens with zero attached hydrogens (tertiary/aromatic N) is 3. The minimum Gasteiger partial charge on any atom is -0.464 e. The number of non-ortho nitro benzene ring substituents is 2. The highest BCUT2D eigenvalue weighted by Crippen LogP contribution is 2.36. The zero-order valence-electron chi connectivity index (χ0n) is 16.6. The first-order valence-corrected chi connectivity index (χ1v) is 9.18. The van der Waals surface area contributed by atoms with Crippen molar-refractivity contribution in [3.63, 3.8) is 0 Å². The van der Waals surface area contributed by atoms with E-state index in [1.54, 1.807) is 6.92 Å². The van der Waals surface area contributed by atoms with Crippen LogP contribution in [0.2, 0.25) is 0 Å². The number of carbonyl (C=O) groups excluding carboxylic acids is 2. The average Bonchev–Trinajstić information content (AvgIpc) is 2.99. The van der Waals surface area contributed by atoms with E-state index in [0.29, 0.717) is 5.69 Å². The number of ether oxygens (including phenoxy) is 1. The Morgan fingerprint density at radius 1 is 1.03 bits per heavy atom. The number of esters is 1. The smallest absolute Gasteiger partial charge is 0.336 e. The van der Waals surface area contributed by atoms with Crippen molar-refractivity contribution in [1.29, 1.82) is 0 Å². The van der Waals surface area contributed by atoms with Crippen molar-refractivity contribution < 1.29 is 24.2 Å². The van der Waals surface area contributed by atoms with Crippen molar-refractivity contribution in [3.8, 4) is 0 Å². The van der Waals surface area contributed by atoms with E-state index in [2.05, 4.69) is 5.32 Å². The summed E-state index contributed by atoms with van der Waals surface area (Å²) in [5.41, 5.74) is -1.05. The maximum atomic E-state index is 13.2. The molecule has 0 saturated heterocycles. The Balaban J connectivity index is 1.97. The first-order valence-electron chi connectivity index (χ1n) is 9.18. The van der Waals surface area contributed by atoms with Crippen LogP contribution in [0, 0.1) is 20.2 Å². The lowest BCUT2D eigenvalue weighted by atomic mass is 10.0. The van der Waals surface area contributed by atoms with Crippen LogP contribution in [0.5, 0.6) is 0 Å². The summed E-state index contributed by atoms with van der Waals surface area (Å²) >= 11 is 0. The molecule has 2 aromatic carbocycles. The molecule has 1 heterocycles. The molecular formula is C20H18N4O7. The van der Waals surface area contributed by atoms with Gasteiger partial charge in [0.2, 0.25) is 0 Å². The Bertz CT molecular complexity index is 1080. The van der Waals surface area contributed by atoms with Crippen molar-refractivity contribution in [1.82, 2.24) is 0 Å². The molecule has 0 aliphatic carbocycles. The van der Waals surface area contributed by atoms with Gasteiger partial charge < -0.3 is 10.1 Å². The maximum Gasteiger partial charge on any atom is 0.336 e. The van der Waals surface area contributed by atoms with Crippen molar-refractivity contribution in [2.45, 2.75) is 19.4 Å². The lowest BCUT2D eigenvalue weighted by Crippen LogP contribution is -2.51. The molecule has 0 radical (unpaired) electrons. The maximum absolute atomic E-state index is 13.2. The molecule has 1 aliphatic rings. The van der Waals surface area contributed by atoms with Gasteiger partial charge in [0.1, 0.15) is 5.70 Å². The molecule has 0 aromatic heterocycles. The third kappa shape index (κ3) is 4.06. The fourth-order valence-electron chi connectivity index (χ4n) is 3.19. The van der Waals surface area contributed by atoms with Gasteiger partial charge in [-0.2, -0.15) is 0 Å². The molecule has 1 atom stereocenters. The topological polar surface area (TPSA) is 145 Å². The normalized spacial score (nSPS) is 17.8. The molecule has 0 bridgehead atoms. The van der Waals surface area contributed by atoms with E-state index in [1.807, 2.05) is 0 Å². The van der Waals surface area contributed by atoms with E-state index in [4.69, 9.17) is 4.74 Å². The van der Waals surface area contributed by atoms with Gasteiger partial charge in [0, 0.05) is 35.6 Å². The van der Waals surface area contributed by atoms with E-state index in [1.165, 1.54) is 66.4 Å². The number of carbonyl (C=O) groups is 2. The molecule has 1 N–H and O–H groups in total. The van der Waals surface area contributed by atoms with E-state index in [0.717, 1.165) is 0 Å². The van der Waals surface area contributed by atoms with Gasteiger partial charge in [-0.3, -0.25) is 29.9 Å². The molecule has 160 valence electrons. The van der Waals surface area contributed by atoms with Crippen molar-refractivity contribution in [3.05, 3.63) is 80.5 Å². The molecule has 0 fully saturated rings. The Morgan fingerprint density at radius 3 is 2.03 bits per heavy atom. The number of rotatable bonds is 7. The lowest BCUT2D eigenvalue weighted by molar-refractivity contribution is -0.385. The molecule has 2 aromatic rings. The zero-order valence-corrected chi connectivity index (χ0v) is 16.6. The van der Waals surface area contributed by atoms with Crippen LogP contribution in [0.4, 0.5) is 22.7 Å². The van der Waals surface area contributed by atoms with Gasteiger partial charge in [0.25, 0.3) is 17.3 Å². The monoisotopic (exact) mass is 426 g/mol. The Kier molecular flexibility index (Phi) is 5.68. The summed E-state index contributed by atoms with van der Waals surface area (Å²) in [4.78, 5) is 47.7. The Hall–Kier alpha value is -4.28. The fraction of sp³-hybridized carbons (Fsp3) is 0.200. The van der Waals surface area contributed by atoms with Crippen LogP contribution in [-0.4, -0.2) is 33.9 Å². The number of nitro groups is 2. The van der Waals surface area contributed by atoms with Crippen LogP contribution in [-0.2, 0) is 14.3 Å². The first-order chi connectivity index (χ1) is 14.7. The second kappa shape index (κ2) is 8.22. The average molecular weight is 426 g/mol. The number of amides is 1. The van der Waals surface area contributed by atoms with Gasteiger partial charge in [-0.15, -0.1) is 0 Å². The SMILES string of the molecule is CCOC(=O)C1(C)C=C(Nc2ccc([N+](=O)[O-])cc2)C(=O)N1c1ccc([N+](=O)[O-])cc1. The molecule has 1 aliphatic heterocycles. The summed E-state index contributed by atoms with van der Waals surface area (Å²) in [5.74, 6) is -1.25. The predicted molar refractivity (Wildman–Crippen MR) is 110 cm³/mol. The van der Waals surface area contributed by atoms with Crippen LogP contribution < -0.4 is 10.2 Å². The van der Waals surface area contributed by atoms with Crippen LogP contribution in [0.25, 0.3) is 0 Å². The molecular weight excluding hydrogens is 408 g/mol. The van der Waals surface area contributed by atoms with Crippen molar-refractivity contribution in [2.75, 3.05) is 16.8 Å². The summed E-state index contributed by atoms with van der Waals surface area (Å²) < 4.78 is 5.14. The van der Waals surface area contributed by atoms with E-state index in [9.17, 15) is 29.8 Å². The Labute approximate surface area is 176 Å². The van der Waals surface area contributed by atoms with Gasteiger partial charge in [0.15, 0.2) is 5.54 Å². The quantitative estimate of drug-likeness (QED) is 0.404. The largest absolute Gasteiger partial charge is 0.464 e. The summed E-state index contributed by atoms with van der Waals surface area (Å²) in [6.07, 6.45) is 1.40. The zero-order chi connectivity index (χ0) is 22.8. The van der Waals surface area contributed by atoms with E-state index >= 15 is 0 Å². The molecule has 1 amide bonds. The second-order valence-electron chi connectivity index (χ2n) is 6.77. The molecule has 0 spiro atoms. The summed E-state index contributed by atoms with van der Waals surface area (Å²) in [6, 6.07) is 10.6. The van der Waals surface area contributed by atoms with Crippen molar-refractivity contribution in [2.24, 2.45) is 0 Å². The van der Waals surface area contributed by atoms with Gasteiger partial charge in [-0.1, -0.05) is 0 Å². The minimum absolute atomic E-state index is 0.0581.